The van der Waals surface area contributed by atoms with Crippen molar-refractivity contribution in [3.63, 3.8) is 0 Å². The van der Waals surface area contributed by atoms with Gasteiger partial charge in [-0.1, -0.05) is 38.1 Å². The molecule has 1 saturated heterocycles. The first-order valence-corrected chi connectivity index (χ1v) is 6.77. The molecule has 0 bridgehead atoms. The second-order valence-electron chi connectivity index (χ2n) is 5.13. The quantitative estimate of drug-likeness (QED) is 0.849. The Morgan fingerprint density at radius 1 is 1.28 bits per heavy atom. The van der Waals surface area contributed by atoms with Crippen LogP contribution in [0.1, 0.15) is 25.0 Å². The predicted molar refractivity (Wildman–Crippen MR) is 73.2 cm³/mol. The van der Waals surface area contributed by atoms with Gasteiger partial charge in [-0.2, -0.15) is 0 Å². The Morgan fingerprint density at radius 2 is 1.94 bits per heavy atom. The molecule has 0 unspecified atom stereocenters. The molecule has 1 aromatic rings. The Kier molecular flexibility index (Phi) is 4.37. The van der Waals surface area contributed by atoms with E-state index in [0.29, 0.717) is 12.5 Å². The lowest BCUT2D eigenvalue weighted by Gasteiger charge is -2.14. The summed E-state index contributed by atoms with van der Waals surface area (Å²) in [5, 5.41) is 6.29. The van der Waals surface area contributed by atoms with Crippen molar-refractivity contribution in [2.45, 2.75) is 26.8 Å². The monoisotopic (exact) mass is 246 g/mol. The molecule has 0 spiro atoms. The van der Waals surface area contributed by atoms with Gasteiger partial charge in [-0.15, -0.1) is 0 Å². The Morgan fingerprint density at radius 3 is 2.50 bits per heavy atom. The fraction of sp³-hybridized carbons (Fsp3) is 0.533. The number of hydrogen-bond donors (Lipinski definition) is 2. The van der Waals surface area contributed by atoms with Crippen molar-refractivity contribution in [2.75, 3.05) is 13.1 Å². The average molecular weight is 246 g/mol. The van der Waals surface area contributed by atoms with Crippen LogP contribution in [0.4, 0.5) is 0 Å². The third-order valence-corrected chi connectivity index (χ3v) is 3.75. The van der Waals surface area contributed by atoms with Crippen LogP contribution in [0.15, 0.2) is 24.3 Å². The van der Waals surface area contributed by atoms with Crippen LogP contribution in [0.3, 0.4) is 0 Å². The van der Waals surface area contributed by atoms with Crippen molar-refractivity contribution in [1.29, 1.82) is 0 Å². The van der Waals surface area contributed by atoms with E-state index in [1.54, 1.807) is 0 Å². The zero-order chi connectivity index (χ0) is 13.0. The van der Waals surface area contributed by atoms with Gasteiger partial charge in [0.25, 0.3) is 0 Å². The summed E-state index contributed by atoms with van der Waals surface area (Å²) in [6, 6.07) is 8.44. The zero-order valence-corrected chi connectivity index (χ0v) is 11.2. The minimum atomic E-state index is 0.125. The van der Waals surface area contributed by atoms with Crippen LogP contribution in [0.25, 0.3) is 0 Å². The van der Waals surface area contributed by atoms with Gasteiger partial charge in [0.15, 0.2) is 0 Å². The third-order valence-electron chi connectivity index (χ3n) is 3.75. The number of carbonyl (C=O) groups excluding carboxylic acids is 1. The van der Waals surface area contributed by atoms with Crippen LogP contribution in [0.2, 0.25) is 0 Å². The molecule has 98 valence electrons. The lowest BCUT2D eigenvalue weighted by molar-refractivity contribution is -0.125. The van der Waals surface area contributed by atoms with E-state index in [0.717, 1.165) is 19.5 Å². The van der Waals surface area contributed by atoms with Crippen molar-refractivity contribution in [1.82, 2.24) is 10.6 Å². The van der Waals surface area contributed by atoms with E-state index < -0.39 is 0 Å². The smallest absolute Gasteiger partial charge is 0.224 e. The molecule has 0 aliphatic carbocycles. The van der Waals surface area contributed by atoms with Crippen molar-refractivity contribution >= 4 is 5.91 Å². The molecule has 3 nitrogen and oxygen atoms in total. The molecule has 1 aromatic carbocycles. The summed E-state index contributed by atoms with van der Waals surface area (Å²) in [4.78, 5) is 12.0. The molecule has 0 aromatic heterocycles. The number of nitrogens with one attached hydrogen (secondary N) is 2. The highest BCUT2D eigenvalue weighted by atomic mass is 16.1. The summed E-state index contributed by atoms with van der Waals surface area (Å²) in [5.41, 5.74) is 2.50. The SMILES string of the molecule is CCc1ccc(CNC(=O)[C@@H]2CNC[C@H]2C)cc1. The van der Waals surface area contributed by atoms with Crippen LogP contribution in [-0.2, 0) is 17.8 Å². The zero-order valence-electron chi connectivity index (χ0n) is 11.2. The second-order valence-corrected chi connectivity index (χ2v) is 5.13. The van der Waals surface area contributed by atoms with Crippen molar-refractivity contribution in [3.05, 3.63) is 35.4 Å². The van der Waals surface area contributed by atoms with E-state index in [1.165, 1.54) is 11.1 Å². The van der Waals surface area contributed by atoms with E-state index in [9.17, 15) is 4.79 Å². The molecule has 0 radical (unpaired) electrons. The van der Waals surface area contributed by atoms with Gasteiger partial charge < -0.3 is 10.6 Å². The van der Waals surface area contributed by atoms with Crippen LogP contribution in [0.5, 0.6) is 0 Å². The maximum absolute atomic E-state index is 12.0. The topological polar surface area (TPSA) is 41.1 Å². The number of aryl methyl sites for hydroxylation is 1. The maximum atomic E-state index is 12.0. The van der Waals surface area contributed by atoms with Gasteiger partial charge >= 0.3 is 0 Å². The molecule has 1 aliphatic heterocycles. The number of hydrogen-bond acceptors (Lipinski definition) is 2. The van der Waals surface area contributed by atoms with Crippen LogP contribution in [-0.4, -0.2) is 19.0 Å². The molecular formula is C15H22N2O. The third kappa shape index (κ3) is 3.10. The van der Waals surface area contributed by atoms with Crippen molar-refractivity contribution < 1.29 is 4.79 Å². The molecule has 18 heavy (non-hydrogen) atoms. The molecule has 1 fully saturated rings. The van der Waals surface area contributed by atoms with E-state index in [4.69, 9.17) is 0 Å². The summed E-state index contributed by atoms with van der Waals surface area (Å²) in [6.45, 7) is 6.66. The number of carbonyl (C=O) groups is 1. The Bertz CT molecular complexity index is 399. The van der Waals surface area contributed by atoms with Crippen LogP contribution < -0.4 is 10.6 Å². The van der Waals surface area contributed by atoms with Gasteiger partial charge in [-0.05, 0) is 30.0 Å². The summed E-state index contributed by atoms with van der Waals surface area (Å²) >= 11 is 0. The van der Waals surface area contributed by atoms with Crippen molar-refractivity contribution in [2.24, 2.45) is 11.8 Å². The standard InChI is InChI=1S/C15H22N2O/c1-3-12-4-6-13(7-5-12)9-17-15(18)14-10-16-8-11(14)2/h4-7,11,14,16H,3,8-10H2,1-2H3,(H,17,18)/t11-,14-/m1/s1. The van der Waals surface area contributed by atoms with E-state index in [1.807, 2.05) is 0 Å². The van der Waals surface area contributed by atoms with Crippen LogP contribution >= 0.6 is 0 Å². The highest BCUT2D eigenvalue weighted by Gasteiger charge is 2.29. The van der Waals surface area contributed by atoms with E-state index >= 15 is 0 Å². The van der Waals surface area contributed by atoms with Crippen LogP contribution in [0, 0.1) is 11.8 Å². The van der Waals surface area contributed by atoms with Gasteiger partial charge in [0.2, 0.25) is 5.91 Å². The number of benzene rings is 1. The Labute approximate surface area is 109 Å². The summed E-state index contributed by atoms with van der Waals surface area (Å²) in [6.07, 6.45) is 1.05. The summed E-state index contributed by atoms with van der Waals surface area (Å²) < 4.78 is 0. The first-order valence-electron chi connectivity index (χ1n) is 6.77. The minimum absolute atomic E-state index is 0.125. The molecule has 2 N–H and O–H groups in total. The summed E-state index contributed by atoms with van der Waals surface area (Å²) in [5.74, 6) is 0.736. The first-order chi connectivity index (χ1) is 8.70. The molecule has 1 aliphatic rings. The molecule has 2 rings (SSSR count). The average Bonchev–Trinajstić information content (AvgIpc) is 2.83. The maximum Gasteiger partial charge on any atom is 0.224 e. The minimum Gasteiger partial charge on any atom is -0.352 e. The normalized spacial score (nSPS) is 23.0. The number of amides is 1. The van der Waals surface area contributed by atoms with Crippen molar-refractivity contribution in [3.8, 4) is 0 Å². The summed E-state index contributed by atoms with van der Waals surface area (Å²) in [7, 11) is 0. The highest BCUT2D eigenvalue weighted by molar-refractivity contribution is 5.79. The highest BCUT2D eigenvalue weighted by Crippen LogP contribution is 2.16. The van der Waals surface area contributed by atoms with Gasteiger partial charge in [-0.25, -0.2) is 0 Å². The van der Waals surface area contributed by atoms with E-state index in [2.05, 4.69) is 48.7 Å². The fourth-order valence-electron chi connectivity index (χ4n) is 2.37. The van der Waals surface area contributed by atoms with Gasteiger partial charge in [-0.3, -0.25) is 4.79 Å². The second kappa shape index (κ2) is 6.01. The molecule has 1 amide bonds. The molecular weight excluding hydrogens is 224 g/mol. The fourth-order valence-corrected chi connectivity index (χ4v) is 2.37. The molecule has 3 heteroatoms. The lowest BCUT2D eigenvalue weighted by atomic mass is 9.97. The molecule has 2 atom stereocenters. The number of rotatable bonds is 4. The van der Waals surface area contributed by atoms with Gasteiger partial charge in [0.05, 0.1) is 5.92 Å². The Balaban J connectivity index is 1.85. The van der Waals surface area contributed by atoms with Gasteiger partial charge in [0, 0.05) is 13.1 Å². The lowest BCUT2D eigenvalue weighted by Crippen LogP contribution is -2.33. The first kappa shape index (κ1) is 13.1. The molecule has 1 heterocycles. The largest absolute Gasteiger partial charge is 0.352 e. The molecule has 0 saturated carbocycles. The predicted octanol–water partition coefficient (Wildman–Crippen LogP) is 1.72. The Hall–Kier alpha value is -1.35. The van der Waals surface area contributed by atoms with E-state index in [-0.39, 0.29) is 11.8 Å². The van der Waals surface area contributed by atoms with Gasteiger partial charge in [0.1, 0.15) is 0 Å².